The average Bonchev–Trinajstić information content (AvgIpc) is 3.04. The summed E-state index contributed by atoms with van der Waals surface area (Å²) in [4.78, 5) is 44.4. The molecule has 0 fully saturated rings. The summed E-state index contributed by atoms with van der Waals surface area (Å²) >= 11 is 7.27. The highest BCUT2D eigenvalue weighted by molar-refractivity contribution is 7.20. The molecule has 0 radical (unpaired) electrons. The van der Waals surface area contributed by atoms with Crippen molar-refractivity contribution in [2.24, 2.45) is 0 Å². The van der Waals surface area contributed by atoms with Gasteiger partial charge in [0, 0.05) is 10.7 Å². The molecule has 0 bridgehead atoms. The first-order valence-corrected chi connectivity index (χ1v) is 11.0. The first kappa shape index (κ1) is 22.9. The number of rotatable bonds is 7. The topological polar surface area (TPSA) is 97.5 Å². The van der Waals surface area contributed by atoms with E-state index in [0.717, 1.165) is 12.1 Å². The summed E-state index contributed by atoms with van der Waals surface area (Å²) in [5.74, 6) is -0.595. The highest BCUT2D eigenvalue weighted by Crippen LogP contribution is 2.26. The lowest BCUT2D eigenvalue weighted by molar-refractivity contribution is -0.856. The number of aryl methyl sites for hydroxylation is 2. The quantitative estimate of drug-likeness (QED) is 0.492. The van der Waals surface area contributed by atoms with Gasteiger partial charge in [-0.15, -0.1) is 11.3 Å². The number of carbonyl (C=O) groups is 2. The van der Waals surface area contributed by atoms with Gasteiger partial charge < -0.3 is 15.5 Å². The van der Waals surface area contributed by atoms with Crippen LogP contribution in [0.15, 0.2) is 29.3 Å². The molecule has 0 aliphatic rings. The van der Waals surface area contributed by atoms with Crippen molar-refractivity contribution < 1.29 is 14.5 Å². The second-order valence-corrected chi connectivity index (χ2v) is 9.05. The summed E-state index contributed by atoms with van der Waals surface area (Å²) in [5, 5.41) is 6.51. The molecule has 0 unspecified atom stereocenters. The fourth-order valence-electron chi connectivity index (χ4n) is 3.02. The number of nitrogens with zero attached hydrogens (tertiary/aromatic N) is 2. The number of quaternary nitrogens is 1. The Balaban J connectivity index is 1.79. The van der Waals surface area contributed by atoms with Crippen molar-refractivity contribution in [3.63, 3.8) is 0 Å². The van der Waals surface area contributed by atoms with E-state index in [1.807, 2.05) is 21.0 Å². The number of aromatic nitrogens is 2. The molecule has 0 spiro atoms. The molecule has 0 aliphatic carbocycles. The molecule has 0 saturated heterocycles. The summed E-state index contributed by atoms with van der Waals surface area (Å²) in [6, 6.07) is 5.21. The second-order valence-electron chi connectivity index (χ2n) is 7.64. The summed E-state index contributed by atoms with van der Waals surface area (Å²) in [6.45, 7) is 4.73. The van der Waals surface area contributed by atoms with Crippen molar-refractivity contribution in [3.8, 4) is 0 Å². The maximum Gasteiger partial charge on any atom is 0.262 e. The number of likely N-dealkylation sites (N-methyl/N-ethyl adjacent to an activating group) is 1. The Kier molecular flexibility index (Phi) is 7.09. The van der Waals surface area contributed by atoms with Gasteiger partial charge in [0.25, 0.3) is 11.5 Å². The van der Waals surface area contributed by atoms with Crippen LogP contribution in [0.1, 0.15) is 20.8 Å². The zero-order valence-corrected chi connectivity index (χ0v) is 19.4. The maximum atomic E-state index is 13.0. The van der Waals surface area contributed by atoms with Gasteiger partial charge >= 0.3 is 0 Å². The van der Waals surface area contributed by atoms with E-state index < -0.39 is 0 Å². The van der Waals surface area contributed by atoms with Gasteiger partial charge in [0.05, 0.1) is 43.8 Å². The maximum absolute atomic E-state index is 13.0. The third-order valence-corrected chi connectivity index (χ3v) is 6.41. The van der Waals surface area contributed by atoms with Crippen LogP contribution in [0, 0.1) is 13.8 Å². The van der Waals surface area contributed by atoms with Crippen LogP contribution < -0.4 is 21.1 Å². The molecule has 2 heterocycles. The largest absolute Gasteiger partial charge is 0.346 e. The Hall–Kier alpha value is -2.75. The number of nitrogens with one attached hydrogen (secondary N) is 3. The monoisotopic (exact) mass is 462 g/mol. The first-order chi connectivity index (χ1) is 14.7. The molecule has 2 amide bonds. The Labute approximate surface area is 188 Å². The van der Waals surface area contributed by atoms with Gasteiger partial charge in [0.1, 0.15) is 11.4 Å². The lowest BCUT2D eigenvalue weighted by atomic mass is 10.2. The minimum atomic E-state index is -0.375. The Morgan fingerprint density at radius 2 is 2.00 bits per heavy atom. The molecule has 1 aromatic carbocycles. The molecule has 10 heteroatoms. The van der Waals surface area contributed by atoms with Crippen molar-refractivity contribution in [3.05, 3.63) is 55.9 Å². The zero-order chi connectivity index (χ0) is 22.7. The number of hydrogen-bond donors (Lipinski definition) is 3. The zero-order valence-electron chi connectivity index (χ0n) is 17.8. The number of thiophene rings is 1. The van der Waals surface area contributed by atoms with Gasteiger partial charge in [-0.2, -0.15) is 0 Å². The number of anilines is 1. The molecule has 2 aromatic heterocycles. The number of carbonyl (C=O) groups excluding carboxylic acids is 2. The van der Waals surface area contributed by atoms with Crippen LogP contribution in [-0.4, -0.2) is 48.6 Å². The van der Waals surface area contributed by atoms with Crippen LogP contribution in [0.3, 0.4) is 0 Å². The normalized spacial score (nSPS) is 11.2. The summed E-state index contributed by atoms with van der Waals surface area (Å²) in [7, 11) is 4.01. The van der Waals surface area contributed by atoms with E-state index in [2.05, 4.69) is 15.6 Å². The van der Waals surface area contributed by atoms with E-state index in [9.17, 15) is 14.4 Å². The molecule has 164 valence electrons. The molecule has 0 saturated carbocycles. The highest BCUT2D eigenvalue weighted by atomic mass is 35.5. The Morgan fingerprint density at radius 1 is 1.26 bits per heavy atom. The van der Waals surface area contributed by atoms with Crippen molar-refractivity contribution in [2.75, 3.05) is 32.5 Å². The van der Waals surface area contributed by atoms with E-state index in [-0.39, 0.29) is 23.9 Å². The standard InChI is InChI=1S/C21H24ClN5O3S/c1-12-5-6-14(9-15(12)22)25-16(28)10-27-11-24-20-17(21(27)30)13(2)18(31-20)19(29)23-7-8-26(3)4/h5-6,9,11H,7-8,10H2,1-4H3,(H,23,29)(H,25,28)/p+1. The van der Waals surface area contributed by atoms with Gasteiger partial charge in [-0.3, -0.25) is 19.0 Å². The molecule has 0 atom stereocenters. The van der Waals surface area contributed by atoms with Crippen LogP contribution in [-0.2, 0) is 11.3 Å². The summed E-state index contributed by atoms with van der Waals surface area (Å²) in [6.07, 6.45) is 1.33. The third-order valence-electron chi connectivity index (χ3n) is 4.80. The number of halogens is 1. The Morgan fingerprint density at radius 3 is 2.68 bits per heavy atom. The molecular weight excluding hydrogens is 438 g/mol. The molecule has 3 N–H and O–H groups in total. The number of benzene rings is 1. The molecule has 0 aliphatic heterocycles. The Bertz CT molecular complexity index is 1200. The predicted octanol–water partition coefficient (Wildman–Crippen LogP) is 1.24. The number of fused-ring (bicyclic) bond motifs is 1. The minimum Gasteiger partial charge on any atom is -0.346 e. The van der Waals surface area contributed by atoms with Gasteiger partial charge in [-0.05, 0) is 37.1 Å². The predicted molar refractivity (Wildman–Crippen MR) is 123 cm³/mol. The van der Waals surface area contributed by atoms with Gasteiger partial charge in [-0.25, -0.2) is 4.98 Å². The van der Waals surface area contributed by atoms with Crippen LogP contribution >= 0.6 is 22.9 Å². The molecular formula is C21H25ClN5O3S+. The molecule has 3 aromatic rings. The number of hydrogen-bond acceptors (Lipinski definition) is 5. The molecule has 31 heavy (non-hydrogen) atoms. The SMILES string of the molecule is Cc1ccc(NC(=O)Cn2cnc3sc(C(=O)NCC[NH+](C)C)c(C)c3c2=O)cc1Cl. The summed E-state index contributed by atoms with van der Waals surface area (Å²) < 4.78 is 1.24. The van der Waals surface area contributed by atoms with Crippen molar-refractivity contribution in [1.29, 1.82) is 0 Å². The molecule has 3 rings (SSSR count). The van der Waals surface area contributed by atoms with Crippen LogP contribution in [0.5, 0.6) is 0 Å². The van der Waals surface area contributed by atoms with E-state index in [1.54, 1.807) is 25.1 Å². The smallest absolute Gasteiger partial charge is 0.262 e. The fraction of sp³-hybridized carbons (Fsp3) is 0.333. The second kappa shape index (κ2) is 9.59. The lowest BCUT2D eigenvalue weighted by Crippen LogP contribution is -3.06. The van der Waals surface area contributed by atoms with Crippen molar-refractivity contribution in [1.82, 2.24) is 14.9 Å². The fourth-order valence-corrected chi connectivity index (χ4v) is 4.26. The van der Waals surface area contributed by atoms with Crippen molar-refractivity contribution >= 4 is 50.7 Å². The van der Waals surface area contributed by atoms with Crippen LogP contribution in [0.25, 0.3) is 10.2 Å². The number of amides is 2. The third kappa shape index (κ3) is 5.30. The van der Waals surface area contributed by atoms with E-state index in [0.29, 0.717) is 37.9 Å². The van der Waals surface area contributed by atoms with E-state index >= 15 is 0 Å². The van der Waals surface area contributed by atoms with Crippen molar-refractivity contribution in [2.45, 2.75) is 20.4 Å². The van der Waals surface area contributed by atoms with Gasteiger partial charge in [-0.1, -0.05) is 17.7 Å². The molecule has 8 nitrogen and oxygen atoms in total. The van der Waals surface area contributed by atoms with E-state index in [4.69, 9.17) is 11.6 Å². The van der Waals surface area contributed by atoms with Crippen LogP contribution in [0.2, 0.25) is 5.02 Å². The average molecular weight is 463 g/mol. The lowest BCUT2D eigenvalue weighted by Gasteiger charge is -2.08. The minimum absolute atomic E-state index is 0.199. The first-order valence-electron chi connectivity index (χ1n) is 9.79. The van der Waals surface area contributed by atoms with Crippen LogP contribution in [0.4, 0.5) is 5.69 Å². The van der Waals surface area contributed by atoms with Gasteiger partial charge in [0.2, 0.25) is 5.91 Å². The van der Waals surface area contributed by atoms with E-state index in [1.165, 1.54) is 27.1 Å². The van der Waals surface area contributed by atoms with Gasteiger partial charge in [0.15, 0.2) is 0 Å². The highest BCUT2D eigenvalue weighted by Gasteiger charge is 2.20. The summed E-state index contributed by atoms with van der Waals surface area (Å²) in [5.41, 5.74) is 1.68.